The van der Waals surface area contributed by atoms with Crippen LogP contribution in [0.3, 0.4) is 0 Å². The van der Waals surface area contributed by atoms with Gasteiger partial charge < -0.3 is 15.0 Å². The fraction of sp³-hybridized carbons (Fsp3) is 0.278. The summed E-state index contributed by atoms with van der Waals surface area (Å²) in [5.74, 6) is 0.338. The van der Waals surface area contributed by atoms with Crippen molar-refractivity contribution >= 4 is 33.4 Å². The van der Waals surface area contributed by atoms with E-state index in [-0.39, 0.29) is 29.7 Å². The molecule has 2 amide bonds. The number of methoxy groups -OCH3 is 1. The second kappa shape index (κ2) is 16.9. The Morgan fingerprint density at radius 2 is 1.41 bits per heavy atom. The van der Waals surface area contributed by atoms with E-state index >= 15 is 0 Å². The van der Waals surface area contributed by atoms with Crippen molar-refractivity contribution in [3.05, 3.63) is 130 Å². The lowest BCUT2D eigenvalue weighted by molar-refractivity contribution is -0.141. The number of nitrogens with one attached hydrogen (secondary N) is 2. The molecule has 0 aromatic heterocycles. The highest BCUT2D eigenvalue weighted by Gasteiger charge is 2.30. The number of rotatable bonds is 16. The van der Waals surface area contributed by atoms with Crippen LogP contribution < -0.4 is 14.8 Å². The Balaban J connectivity index is 1.55. The minimum atomic E-state index is -3.57. The van der Waals surface area contributed by atoms with E-state index in [2.05, 4.69) is 10.0 Å². The molecule has 0 fully saturated rings. The van der Waals surface area contributed by atoms with E-state index in [9.17, 15) is 18.0 Å². The summed E-state index contributed by atoms with van der Waals surface area (Å²) >= 11 is 6.14. The zero-order valence-corrected chi connectivity index (χ0v) is 27.7. The SMILES string of the molecule is CCNS(=O)(=O)c1ccc(CCC(=O)N(Cc2ccc(Cl)cc2)[C@@H](Cc2ccccc2)C(=O)NCCc2ccc(OC)cc2)cc1. The topological polar surface area (TPSA) is 105 Å². The van der Waals surface area contributed by atoms with Gasteiger partial charge in [-0.3, -0.25) is 9.59 Å². The number of sulfonamides is 1. The summed E-state index contributed by atoms with van der Waals surface area (Å²) in [5.41, 5.74) is 3.65. The maximum Gasteiger partial charge on any atom is 0.243 e. The van der Waals surface area contributed by atoms with Crippen LogP contribution in [0.5, 0.6) is 5.75 Å². The summed E-state index contributed by atoms with van der Waals surface area (Å²) in [6.45, 7) is 2.64. The van der Waals surface area contributed by atoms with Crippen LogP contribution >= 0.6 is 11.6 Å². The highest BCUT2D eigenvalue weighted by atomic mass is 35.5. The van der Waals surface area contributed by atoms with Crippen LogP contribution in [0.2, 0.25) is 5.02 Å². The second-order valence-corrected chi connectivity index (χ2v) is 13.1. The van der Waals surface area contributed by atoms with Gasteiger partial charge in [0.2, 0.25) is 21.8 Å². The lowest BCUT2D eigenvalue weighted by Gasteiger charge is -2.32. The molecule has 242 valence electrons. The first-order valence-corrected chi connectivity index (χ1v) is 17.1. The van der Waals surface area contributed by atoms with Crippen LogP contribution in [0.1, 0.15) is 35.6 Å². The molecule has 0 bridgehead atoms. The van der Waals surface area contributed by atoms with Crippen LogP contribution in [0.15, 0.2) is 108 Å². The number of carbonyl (C=O) groups is 2. The molecule has 0 radical (unpaired) electrons. The monoisotopic (exact) mass is 661 g/mol. The van der Waals surface area contributed by atoms with Crippen molar-refractivity contribution in [2.45, 2.75) is 50.1 Å². The number of nitrogens with zero attached hydrogens (tertiary/aromatic N) is 1. The molecule has 4 aromatic rings. The quantitative estimate of drug-likeness (QED) is 0.163. The molecular weight excluding hydrogens is 622 g/mol. The number of benzene rings is 4. The van der Waals surface area contributed by atoms with Crippen LogP contribution in [0.4, 0.5) is 0 Å². The first-order chi connectivity index (χ1) is 22.2. The van der Waals surface area contributed by atoms with Gasteiger partial charge in [-0.2, -0.15) is 0 Å². The van der Waals surface area contributed by atoms with E-state index < -0.39 is 16.1 Å². The Hall–Kier alpha value is -4.18. The lowest BCUT2D eigenvalue weighted by Crippen LogP contribution is -2.50. The Morgan fingerprint density at radius 1 is 0.804 bits per heavy atom. The van der Waals surface area contributed by atoms with Crippen LogP contribution in [-0.2, 0) is 45.4 Å². The van der Waals surface area contributed by atoms with Crippen molar-refractivity contribution in [3.63, 3.8) is 0 Å². The van der Waals surface area contributed by atoms with Crippen LogP contribution in [-0.4, -0.2) is 51.4 Å². The van der Waals surface area contributed by atoms with Crippen LogP contribution in [0.25, 0.3) is 0 Å². The maximum atomic E-state index is 14.0. The zero-order chi connectivity index (χ0) is 32.9. The molecule has 2 N–H and O–H groups in total. The minimum absolute atomic E-state index is 0.136. The molecule has 8 nitrogen and oxygen atoms in total. The molecule has 46 heavy (non-hydrogen) atoms. The number of hydrogen-bond acceptors (Lipinski definition) is 5. The predicted octanol–water partition coefficient (Wildman–Crippen LogP) is 5.58. The average Bonchev–Trinajstić information content (AvgIpc) is 3.07. The number of amides is 2. The minimum Gasteiger partial charge on any atom is -0.497 e. The van der Waals surface area contributed by atoms with Crippen molar-refractivity contribution in [1.82, 2.24) is 14.9 Å². The van der Waals surface area contributed by atoms with Crippen molar-refractivity contribution in [2.24, 2.45) is 0 Å². The zero-order valence-electron chi connectivity index (χ0n) is 26.1. The van der Waals surface area contributed by atoms with E-state index in [1.54, 1.807) is 43.2 Å². The molecule has 0 heterocycles. The summed E-state index contributed by atoms with van der Waals surface area (Å²) in [5, 5.41) is 3.65. The van der Waals surface area contributed by atoms with Gasteiger partial charge in [0.25, 0.3) is 0 Å². The molecule has 0 saturated carbocycles. The number of halogens is 1. The fourth-order valence-electron chi connectivity index (χ4n) is 5.08. The molecule has 0 saturated heterocycles. The highest BCUT2D eigenvalue weighted by Crippen LogP contribution is 2.19. The normalized spacial score (nSPS) is 11.9. The summed E-state index contributed by atoms with van der Waals surface area (Å²) < 4.78 is 32.4. The smallest absolute Gasteiger partial charge is 0.243 e. The highest BCUT2D eigenvalue weighted by molar-refractivity contribution is 7.89. The van der Waals surface area contributed by atoms with Crippen molar-refractivity contribution in [2.75, 3.05) is 20.2 Å². The fourth-order valence-corrected chi connectivity index (χ4v) is 6.25. The van der Waals surface area contributed by atoms with E-state index in [1.165, 1.54) is 12.1 Å². The third kappa shape index (κ3) is 10.2. The van der Waals surface area contributed by atoms with Crippen LogP contribution in [0, 0.1) is 0 Å². The third-order valence-electron chi connectivity index (χ3n) is 7.60. The lowest BCUT2D eigenvalue weighted by atomic mass is 10.0. The predicted molar refractivity (Wildman–Crippen MR) is 181 cm³/mol. The molecule has 0 aliphatic rings. The van der Waals surface area contributed by atoms with Gasteiger partial charge in [-0.25, -0.2) is 13.1 Å². The Bertz CT molecular complexity index is 1660. The van der Waals surface area contributed by atoms with Gasteiger partial charge in [0, 0.05) is 37.5 Å². The Morgan fingerprint density at radius 3 is 2.04 bits per heavy atom. The second-order valence-electron chi connectivity index (χ2n) is 10.9. The van der Waals surface area contributed by atoms with Gasteiger partial charge in [0.15, 0.2) is 0 Å². The average molecular weight is 662 g/mol. The maximum absolute atomic E-state index is 14.0. The summed E-state index contributed by atoms with van der Waals surface area (Å²) in [6.07, 6.45) is 1.48. The van der Waals surface area contributed by atoms with Gasteiger partial charge in [-0.15, -0.1) is 0 Å². The van der Waals surface area contributed by atoms with Crippen molar-refractivity contribution < 1.29 is 22.7 Å². The number of ether oxygens (including phenoxy) is 1. The van der Waals surface area contributed by atoms with Crippen molar-refractivity contribution in [1.29, 1.82) is 0 Å². The van der Waals surface area contributed by atoms with Crippen molar-refractivity contribution in [3.8, 4) is 5.75 Å². The molecule has 4 rings (SSSR count). The van der Waals surface area contributed by atoms with Gasteiger partial charge in [0.1, 0.15) is 11.8 Å². The first kappa shape index (κ1) is 34.7. The van der Waals surface area contributed by atoms with Gasteiger partial charge in [-0.05, 0) is 71.5 Å². The summed E-state index contributed by atoms with van der Waals surface area (Å²) in [4.78, 5) is 29.7. The number of hydrogen-bond donors (Lipinski definition) is 2. The molecule has 0 aliphatic heterocycles. The molecule has 10 heteroatoms. The van der Waals surface area contributed by atoms with E-state index in [1.807, 2.05) is 66.7 Å². The molecule has 0 aliphatic carbocycles. The molecule has 4 aromatic carbocycles. The van der Waals surface area contributed by atoms with E-state index in [0.29, 0.717) is 37.4 Å². The van der Waals surface area contributed by atoms with E-state index in [0.717, 1.165) is 28.0 Å². The largest absolute Gasteiger partial charge is 0.497 e. The Labute approximate surface area is 276 Å². The molecule has 1 atom stereocenters. The number of aryl methyl sites for hydroxylation is 1. The Kier molecular flexibility index (Phi) is 12.8. The first-order valence-electron chi connectivity index (χ1n) is 15.3. The van der Waals surface area contributed by atoms with Gasteiger partial charge in [0.05, 0.1) is 12.0 Å². The third-order valence-corrected chi connectivity index (χ3v) is 9.42. The summed E-state index contributed by atoms with van der Waals surface area (Å²) in [6, 6.07) is 30.3. The number of carbonyl (C=O) groups excluding carboxylic acids is 2. The van der Waals surface area contributed by atoms with E-state index in [4.69, 9.17) is 16.3 Å². The molecule has 0 unspecified atom stereocenters. The standard InChI is InChI=1S/C36H40ClN3O5S/c1-3-39-46(43,44)33-20-13-27(14-21-33)15-22-35(41)40(26-30-9-16-31(37)17-10-30)34(25-29-7-5-4-6-8-29)36(42)38-24-23-28-11-18-32(45-2)19-12-28/h4-14,16-21,34,39H,3,15,22-26H2,1-2H3,(H,38,42)/t34-/m0/s1. The summed E-state index contributed by atoms with van der Waals surface area (Å²) in [7, 11) is -1.95. The van der Waals surface area contributed by atoms with Gasteiger partial charge in [-0.1, -0.05) is 85.3 Å². The van der Waals surface area contributed by atoms with Gasteiger partial charge >= 0.3 is 0 Å². The molecule has 0 spiro atoms. The molecular formula is C36H40ClN3O5S.